The summed E-state index contributed by atoms with van der Waals surface area (Å²) in [5, 5.41) is 2.16. The molecule has 1 amide bonds. The highest BCUT2D eigenvalue weighted by Gasteiger charge is 2.70. The molecule has 172 valence electrons. The number of rotatable bonds is 6. The minimum Gasteiger partial charge on any atom is -0.467 e. The Labute approximate surface area is 174 Å². The smallest absolute Gasteiger partial charge is 0.389 e. The van der Waals surface area contributed by atoms with Crippen LogP contribution in [0.3, 0.4) is 0 Å². The van der Waals surface area contributed by atoms with Crippen molar-refractivity contribution in [3.8, 4) is 0 Å². The van der Waals surface area contributed by atoms with Gasteiger partial charge in [0.2, 0.25) is 5.91 Å². The number of ether oxygens (including phenoxy) is 1. The van der Waals surface area contributed by atoms with Crippen LogP contribution in [0.1, 0.15) is 26.7 Å². The summed E-state index contributed by atoms with van der Waals surface area (Å²) in [5.74, 6) is -5.90. The van der Waals surface area contributed by atoms with E-state index >= 15 is 0 Å². The van der Waals surface area contributed by atoms with E-state index in [9.17, 15) is 35.9 Å². The summed E-state index contributed by atoms with van der Waals surface area (Å²) in [6.45, 7) is 3.92. The number of piperidine rings is 1. The number of halogens is 6. The van der Waals surface area contributed by atoms with E-state index in [0.717, 1.165) is 12.0 Å². The zero-order chi connectivity index (χ0) is 23.3. The van der Waals surface area contributed by atoms with E-state index in [-0.39, 0.29) is 23.8 Å². The van der Waals surface area contributed by atoms with Crippen molar-refractivity contribution in [2.45, 2.75) is 44.9 Å². The van der Waals surface area contributed by atoms with Crippen LogP contribution in [0, 0.1) is 34.7 Å². The second-order valence-corrected chi connectivity index (χ2v) is 8.51. The van der Waals surface area contributed by atoms with Gasteiger partial charge in [-0.25, -0.2) is 18.0 Å². The SMILES string of the molecule is COC(=O)[C@@H]1[C@@H]2[C@H](CN1C(=O)[C@@H](CCC(F)(F)F)Nc1c(F)cc(F)cc1F)C2(C)C. The van der Waals surface area contributed by atoms with E-state index in [1.165, 1.54) is 0 Å². The van der Waals surface area contributed by atoms with Crippen molar-refractivity contribution in [1.29, 1.82) is 0 Å². The van der Waals surface area contributed by atoms with Crippen molar-refractivity contribution in [3.63, 3.8) is 0 Å². The average Bonchev–Trinajstić information content (AvgIpc) is 3.01. The Kier molecular flexibility index (Phi) is 5.92. The van der Waals surface area contributed by atoms with E-state index < -0.39 is 66.1 Å². The maximum absolute atomic E-state index is 14.1. The largest absolute Gasteiger partial charge is 0.467 e. The normalized spacial score (nSPS) is 25.1. The number of nitrogens with one attached hydrogen (secondary N) is 1. The van der Waals surface area contributed by atoms with Crippen LogP contribution in [-0.2, 0) is 14.3 Å². The predicted molar refractivity (Wildman–Crippen MR) is 97.3 cm³/mol. The molecule has 0 aromatic heterocycles. The highest BCUT2D eigenvalue weighted by atomic mass is 19.4. The third kappa shape index (κ3) is 4.45. The lowest BCUT2D eigenvalue weighted by Gasteiger charge is -2.32. The summed E-state index contributed by atoms with van der Waals surface area (Å²) in [6, 6.07) is -2.00. The Balaban J connectivity index is 1.89. The Morgan fingerprint density at radius 3 is 2.32 bits per heavy atom. The molecule has 2 aliphatic rings. The van der Waals surface area contributed by atoms with Crippen molar-refractivity contribution < 1.29 is 40.7 Å². The van der Waals surface area contributed by atoms with Crippen LogP contribution >= 0.6 is 0 Å². The quantitative estimate of drug-likeness (QED) is 0.526. The molecular formula is C20H22F6N2O3. The van der Waals surface area contributed by atoms with E-state index in [1.54, 1.807) is 0 Å². The Bertz CT molecular complexity index is 865. The first-order valence-electron chi connectivity index (χ1n) is 9.64. The van der Waals surface area contributed by atoms with Crippen molar-refractivity contribution in [2.24, 2.45) is 17.3 Å². The Morgan fingerprint density at radius 2 is 1.81 bits per heavy atom. The van der Waals surface area contributed by atoms with Crippen LogP contribution < -0.4 is 5.32 Å². The van der Waals surface area contributed by atoms with Crippen LogP contribution in [-0.4, -0.2) is 48.7 Å². The van der Waals surface area contributed by atoms with Crippen LogP contribution in [0.25, 0.3) is 0 Å². The van der Waals surface area contributed by atoms with Gasteiger partial charge in [-0.15, -0.1) is 0 Å². The van der Waals surface area contributed by atoms with Gasteiger partial charge in [0.25, 0.3) is 0 Å². The summed E-state index contributed by atoms with van der Waals surface area (Å²) in [7, 11) is 1.14. The maximum atomic E-state index is 14.1. The van der Waals surface area contributed by atoms with Crippen molar-refractivity contribution in [1.82, 2.24) is 4.90 Å². The summed E-state index contributed by atoms with van der Waals surface area (Å²) in [4.78, 5) is 26.6. The second-order valence-electron chi connectivity index (χ2n) is 8.51. The zero-order valence-electron chi connectivity index (χ0n) is 17.0. The number of methoxy groups -OCH3 is 1. The number of hydrogen-bond donors (Lipinski definition) is 1. The van der Waals surface area contributed by atoms with Gasteiger partial charge in [0.05, 0.1) is 7.11 Å². The molecule has 2 fully saturated rings. The molecule has 5 nitrogen and oxygen atoms in total. The number of benzene rings is 1. The minimum absolute atomic E-state index is 0.0527. The average molecular weight is 452 g/mol. The predicted octanol–water partition coefficient (Wildman–Crippen LogP) is 3.88. The molecule has 0 spiro atoms. The summed E-state index contributed by atoms with van der Waals surface area (Å²) < 4.78 is 84.5. The van der Waals surface area contributed by atoms with Gasteiger partial charge in [0.1, 0.15) is 23.6 Å². The molecule has 1 N–H and O–H groups in total. The number of likely N-dealkylation sites (tertiary alicyclic amines) is 1. The fourth-order valence-electron chi connectivity index (χ4n) is 4.52. The van der Waals surface area contributed by atoms with Crippen LogP contribution in [0.4, 0.5) is 32.0 Å². The number of amides is 1. The van der Waals surface area contributed by atoms with E-state index in [2.05, 4.69) is 5.32 Å². The van der Waals surface area contributed by atoms with Gasteiger partial charge >= 0.3 is 12.1 Å². The number of carbonyl (C=O) groups excluding carboxylic acids is 2. The third-order valence-electron chi connectivity index (χ3n) is 6.27. The van der Waals surface area contributed by atoms with Gasteiger partial charge in [0.15, 0.2) is 11.6 Å². The number of fused-ring (bicyclic) bond motifs is 1. The molecule has 1 heterocycles. The lowest BCUT2D eigenvalue weighted by Crippen LogP contribution is -2.51. The monoisotopic (exact) mass is 452 g/mol. The van der Waals surface area contributed by atoms with Crippen LogP contribution in [0.15, 0.2) is 12.1 Å². The number of hydrogen-bond acceptors (Lipinski definition) is 4. The summed E-state index contributed by atoms with van der Waals surface area (Å²) in [6.07, 6.45) is -6.87. The number of esters is 1. The number of anilines is 1. The van der Waals surface area contributed by atoms with Gasteiger partial charge in [0, 0.05) is 31.0 Å². The molecule has 1 saturated heterocycles. The van der Waals surface area contributed by atoms with Crippen LogP contribution in [0.5, 0.6) is 0 Å². The van der Waals surface area contributed by atoms with Gasteiger partial charge in [-0.1, -0.05) is 13.8 Å². The molecule has 4 atom stereocenters. The zero-order valence-corrected chi connectivity index (χ0v) is 17.0. The fourth-order valence-corrected chi connectivity index (χ4v) is 4.52. The van der Waals surface area contributed by atoms with Gasteiger partial charge < -0.3 is 15.0 Å². The number of nitrogens with zero attached hydrogens (tertiary/aromatic N) is 1. The lowest BCUT2D eigenvalue weighted by molar-refractivity contribution is -0.154. The standard InChI is InChI=1S/C20H22F6N2O3/c1-19(2)10-8-28(16(14(10)19)18(30)31-3)17(29)13(4-5-20(24,25)26)27-15-11(22)6-9(21)7-12(15)23/h6-7,10,13-14,16,27H,4-5,8H2,1-3H3/t10-,13+,14-,16-/m0/s1. The molecule has 11 heteroatoms. The first-order chi connectivity index (χ1) is 14.3. The van der Waals surface area contributed by atoms with Crippen molar-refractivity contribution in [2.75, 3.05) is 19.0 Å². The highest BCUT2D eigenvalue weighted by molar-refractivity contribution is 5.91. The molecule has 31 heavy (non-hydrogen) atoms. The van der Waals surface area contributed by atoms with Gasteiger partial charge in [-0.3, -0.25) is 4.79 Å². The molecule has 0 unspecified atom stereocenters. The Hall–Kier alpha value is -2.46. The van der Waals surface area contributed by atoms with E-state index in [0.29, 0.717) is 12.1 Å². The molecule has 1 saturated carbocycles. The third-order valence-corrected chi connectivity index (χ3v) is 6.27. The van der Waals surface area contributed by atoms with Gasteiger partial charge in [-0.05, 0) is 17.8 Å². The lowest BCUT2D eigenvalue weighted by atomic mass is 9.99. The summed E-state index contributed by atoms with van der Waals surface area (Å²) in [5.41, 5.74) is -1.17. The van der Waals surface area contributed by atoms with Crippen LogP contribution in [0.2, 0.25) is 0 Å². The first-order valence-corrected chi connectivity index (χ1v) is 9.64. The minimum atomic E-state index is -4.63. The van der Waals surface area contributed by atoms with Gasteiger partial charge in [-0.2, -0.15) is 13.2 Å². The first kappa shape index (κ1) is 23.2. The molecule has 1 aromatic carbocycles. The maximum Gasteiger partial charge on any atom is 0.389 e. The van der Waals surface area contributed by atoms with Crippen molar-refractivity contribution in [3.05, 3.63) is 29.6 Å². The van der Waals surface area contributed by atoms with E-state index in [4.69, 9.17) is 4.74 Å². The number of carbonyl (C=O) groups is 2. The molecule has 1 aliphatic carbocycles. The molecule has 1 aromatic rings. The fraction of sp³-hybridized carbons (Fsp3) is 0.600. The molecule has 0 bridgehead atoms. The van der Waals surface area contributed by atoms with E-state index in [1.807, 2.05) is 13.8 Å². The second kappa shape index (κ2) is 7.90. The topological polar surface area (TPSA) is 58.6 Å². The molecule has 1 aliphatic heterocycles. The Morgan fingerprint density at radius 1 is 1.23 bits per heavy atom. The molecular weight excluding hydrogens is 430 g/mol. The van der Waals surface area contributed by atoms with Crippen molar-refractivity contribution >= 4 is 17.6 Å². The summed E-state index contributed by atoms with van der Waals surface area (Å²) >= 11 is 0. The molecule has 0 radical (unpaired) electrons. The molecule has 3 rings (SSSR count). The highest BCUT2D eigenvalue weighted by Crippen LogP contribution is 2.65. The number of alkyl halides is 3.